The third-order valence-electron chi connectivity index (χ3n) is 3.27. The highest BCUT2D eigenvalue weighted by Crippen LogP contribution is 2.13. The average Bonchev–Trinajstić information content (AvgIpc) is 2.47. The van der Waals surface area contributed by atoms with Crippen molar-refractivity contribution in [3.8, 4) is 5.75 Å². The van der Waals surface area contributed by atoms with Crippen molar-refractivity contribution in [2.24, 2.45) is 0 Å². The second kappa shape index (κ2) is 7.46. The van der Waals surface area contributed by atoms with Crippen molar-refractivity contribution in [1.82, 2.24) is 5.32 Å². The summed E-state index contributed by atoms with van der Waals surface area (Å²) in [7, 11) is 1.69. The van der Waals surface area contributed by atoms with Crippen LogP contribution in [-0.2, 0) is 13.0 Å². The molecule has 1 atom stereocenters. The lowest BCUT2D eigenvalue weighted by molar-refractivity contribution is 0.414. The second-order valence-corrected chi connectivity index (χ2v) is 5.88. The van der Waals surface area contributed by atoms with Crippen LogP contribution in [0.5, 0.6) is 5.75 Å². The summed E-state index contributed by atoms with van der Waals surface area (Å²) in [4.78, 5) is 0. The molecule has 0 saturated heterocycles. The van der Waals surface area contributed by atoms with Gasteiger partial charge in [0.15, 0.2) is 0 Å². The molecular weight excluding hydrogens is 314 g/mol. The summed E-state index contributed by atoms with van der Waals surface area (Å²) in [5, 5.41) is 3.55. The van der Waals surface area contributed by atoms with E-state index in [1.165, 1.54) is 11.1 Å². The summed E-state index contributed by atoms with van der Waals surface area (Å²) in [6, 6.07) is 17.1. The number of rotatable bonds is 6. The predicted octanol–water partition coefficient (Wildman–Crippen LogP) is 4.18. The maximum absolute atomic E-state index is 5.17. The highest BCUT2D eigenvalue weighted by Gasteiger charge is 2.03. The first kappa shape index (κ1) is 15.1. The number of hydrogen-bond acceptors (Lipinski definition) is 2. The van der Waals surface area contributed by atoms with Crippen molar-refractivity contribution in [2.45, 2.75) is 25.9 Å². The number of nitrogens with one attached hydrogen (secondary N) is 1. The molecule has 0 aliphatic rings. The van der Waals surface area contributed by atoms with Crippen molar-refractivity contribution >= 4 is 15.9 Å². The van der Waals surface area contributed by atoms with E-state index in [0.29, 0.717) is 6.04 Å². The molecule has 106 valence electrons. The predicted molar refractivity (Wildman–Crippen MR) is 87.1 cm³/mol. The lowest BCUT2D eigenvalue weighted by atomic mass is 10.1. The smallest absolute Gasteiger partial charge is 0.118 e. The molecule has 2 aromatic carbocycles. The van der Waals surface area contributed by atoms with Gasteiger partial charge in [-0.05, 0) is 48.7 Å². The molecule has 0 aliphatic heterocycles. The van der Waals surface area contributed by atoms with Gasteiger partial charge in [-0.2, -0.15) is 0 Å². The number of halogens is 1. The first-order valence-electron chi connectivity index (χ1n) is 6.78. The van der Waals surface area contributed by atoms with Gasteiger partial charge in [0.1, 0.15) is 5.75 Å². The summed E-state index contributed by atoms with van der Waals surface area (Å²) in [5.74, 6) is 0.907. The molecule has 2 rings (SSSR count). The molecule has 3 heteroatoms. The van der Waals surface area contributed by atoms with Crippen LogP contribution in [0, 0.1) is 0 Å². The van der Waals surface area contributed by atoms with E-state index in [-0.39, 0.29) is 0 Å². The molecule has 20 heavy (non-hydrogen) atoms. The third kappa shape index (κ3) is 4.66. The third-order valence-corrected chi connectivity index (χ3v) is 3.80. The van der Waals surface area contributed by atoms with Gasteiger partial charge >= 0.3 is 0 Å². The first-order chi connectivity index (χ1) is 9.67. The molecule has 0 aromatic heterocycles. The Balaban J connectivity index is 1.82. The molecule has 0 aliphatic carbocycles. The summed E-state index contributed by atoms with van der Waals surface area (Å²) >= 11 is 3.45. The molecule has 2 nitrogen and oxygen atoms in total. The van der Waals surface area contributed by atoms with Crippen LogP contribution in [0.15, 0.2) is 53.0 Å². The Kier molecular flexibility index (Phi) is 5.62. The van der Waals surface area contributed by atoms with Gasteiger partial charge in [0.05, 0.1) is 7.11 Å². The van der Waals surface area contributed by atoms with Crippen molar-refractivity contribution in [1.29, 1.82) is 0 Å². The molecule has 0 spiro atoms. The van der Waals surface area contributed by atoms with Gasteiger partial charge < -0.3 is 10.1 Å². The standard InChI is InChI=1S/C17H20BrNO/c1-13(11-14-5-9-17(20-2)10-6-14)19-12-15-3-7-16(18)8-4-15/h3-10,13,19H,11-12H2,1-2H3/t13-/m1/s1. The fourth-order valence-corrected chi connectivity index (χ4v) is 2.35. The molecule has 0 heterocycles. The Morgan fingerprint density at radius 1 is 1.00 bits per heavy atom. The van der Waals surface area contributed by atoms with Gasteiger partial charge in [0.25, 0.3) is 0 Å². The molecule has 0 saturated carbocycles. The number of benzene rings is 2. The second-order valence-electron chi connectivity index (χ2n) is 4.96. The molecular formula is C17H20BrNO. The Morgan fingerprint density at radius 2 is 1.60 bits per heavy atom. The van der Waals surface area contributed by atoms with E-state index in [1.54, 1.807) is 7.11 Å². The van der Waals surface area contributed by atoms with E-state index >= 15 is 0 Å². The largest absolute Gasteiger partial charge is 0.497 e. The maximum Gasteiger partial charge on any atom is 0.118 e. The number of hydrogen-bond donors (Lipinski definition) is 1. The van der Waals surface area contributed by atoms with E-state index in [1.807, 2.05) is 12.1 Å². The van der Waals surface area contributed by atoms with E-state index in [2.05, 4.69) is 64.6 Å². The van der Waals surface area contributed by atoms with Crippen molar-refractivity contribution in [3.05, 3.63) is 64.1 Å². The fourth-order valence-electron chi connectivity index (χ4n) is 2.08. The monoisotopic (exact) mass is 333 g/mol. The van der Waals surface area contributed by atoms with Gasteiger partial charge in [-0.3, -0.25) is 0 Å². The minimum atomic E-state index is 0.437. The SMILES string of the molecule is COc1ccc(C[C@@H](C)NCc2ccc(Br)cc2)cc1. The van der Waals surface area contributed by atoms with Gasteiger partial charge in [-0.15, -0.1) is 0 Å². The Hall–Kier alpha value is -1.32. The van der Waals surface area contributed by atoms with Gasteiger partial charge in [-0.25, -0.2) is 0 Å². The minimum Gasteiger partial charge on any atom is -0.497 e. The molecule has 1 N–H and O–H groups in total. The first-order valence-corrected chi connectivity index (χ1v) is 7.57. The van der Waals surface area contributed by atoms with Crippen LogP contribution < -0.4 is 10.1 Å². The quantitative estimate of drug-likeness (QED) is 0.856. The van der Waals surface area contributed by atoms with Crippen molar-refractivity contribution < 1.29 is 4.74 Å². The lowest BCUT2D eigenvalue weighted by Gasteiger charge is -2.14. The molecule has 0 fully saturated rings. The summed E-state index contributed by atoms with van der Waals surface area (Å²) in [5.41, 5.74) is 2.62. The topological polar surface area (TPSA) is 21.3 Å². The molecule has 0 radical (unpaired) electrons. The van der Waals surface area contributed by atoms with Gasteiger partial charge in [0.2, 0.25) is 0 Å². The Morgan fingerprint density at radius 3 is 2.20 bits per heavy atom. The van der Waals surface area contributed by atoms with Crippen LogP contribution in [-0.4, -0.2) is 13.2 Å². The van der Waals surface area contributed by atoms with Crippen LogP contribution in [0.1, 0.15) is 18.1 Å². The lowest BCUT2D eigenvalue weighted by Crippen LogP contribution is -2.27. The van der Waals surface area contributed by atoms with E-state index in [4.69, 9.17) is 4.74 Å². The van der Waals surface area contributed by atoms with E-state index in [9.17, 15) is 0 Å². The molecule has 0 amide bonds. The molecule has 0 unspecified atom stereocenters. The van der Waals surface area contributed by atoms with E-state index < -0.39 is 0 Å². The van der Waals surface area contributed by atoms with Crippen molar-refractivity contribution in [3.63, 3.8) is 0 Å². The summed E-state index contributed by atoms with van der Waals surface area (Å²) in [6.07, 6.45) is 1.01. The van der Waals surface area contributed by atoms with Crippen LogP contribution in [0.25, 0.3) is 0 Å². The van der Waals surface area contributed by atoms with Gasteiger partial charge in [0, 0.05) is 17.1 Å². The normalized spacial score (nSPS) is 12.2. The van der Waals surface area contributed by atoms with Crippen LogP contribution in [0.4, 0.5) is 0 Å². The fraction of sp³-hybridized carbons (Fsp3) is 0.294. The summed E-state index contributed by atoms with van der Waals surface area (Å²) < 4.78 is 6.29. The summed E-state index contributed by atoms with van der Waals surface area (Å²) in [6.45, 7) is 3.10. The van der Waals surface area contributed by atoms with Crippen LogP contribution in [0.3, 0.4) is 0 Å². The molecule has 0 bridgehead atoms. The Bertz CT molecular complexity index is 522. The van der Waals surface area contributed by atoms with Crippen LogP contribution >= 0.6 is 15.9 Å². The zero-order valence-corrected chi connectivity index (χ0v) is 13.5. The minimum absolute atomic E-state index is 0.437. The highest BCUT2D eigenvalue weighted by molar-refractivity contribution is 9.10. The zero-order valence-electron chi connectivity index (χ0n) is 11.9. The number of ether oxygens (including phenoxy) is 1. The van der Waals surface area contributed by atoms with Gasteiger partial charge in [-0.1, -0.05) is 40.2 Å². The Labute approximate surface area is 129 Å². The molecule has 2 aromatic rings. The zero-order chi connectivity index (χ0) is 14.4. The average molecular weight is 334 g/mol. The highest BCUT2D eigenvalue weighted by atomic mass is 79.9. The van der Waals surface area contributed by atoms with E-state index in [0.717, 1.165) is 23.2 Å². The number of methoxy groups -OCH3 is 1. The van der Waals surface area contributed by atoms with Crippen molar-refractivity contribution in [2.75, 3.05) is 7.11 Å². The van der Waals surface area contributed by atoms with Crippen LogP contribution in [0.2, 0.25) is 0 Å². The maximum atomic E-state index is 5.17.